The quantitative estimate of drug-likeness (QED) is 0.496. The summed E-state index contributed by atoms with van der Waals surface area (Å²) in [6.07, 6.45) is 5.56. The average Bonchev–Trinajstić information content (AvgIpc) is 3.47. The largest absolute Gasteiger partial charge is 0.356 e. The fourth-order valence-corrected chi connectivity index (χ4v) is 4.05. The van der Waals surface area contributed by atoms with E-state index in [0.29, 0.717) is 10.8 Å². The maximum absolute atomic E-state index is 6.11. The van der Waals surface area contributed by atoms with Gasteiger partial charge >= 0.3 is 0 Å². The molecule has 0 aliphatic carbocycles. The number of pyridine rings is 1. The van der Waals surface area contributed by atoms with E-state index in [1.165, 1.54) is 0 Å². The van der Waals surface area contributed by atoms with Crippen LogP contribution in [0.2, 0.25) is 5.02 Å². The number of aromatic nitrogens is 5. The fourth-order valence-electron chi connectivity index (χ4n) is 3.86. The van der Waals surface area contributed by atoms with Gasteiger partial charge in [-0.05, 0) is 37.1 Å². The van der Waals surface area contributed by atoms with Crippen molar-refractivity contribution < 1.29 is 4.52 Å². The lowest BCUT2D eigenvalue weighted by Crippen LogP contribution is -2.25. The second-order valence-corrected chi connectivity index (χ2v) is 7.53. The predicted octanol–water partition coefficient (Wildman–Crippen LogP) is 4.53. The highest BCUT2D eigenvalue weighted by Crippen LogP contribution is 2.37. The minimum absolute atomic E-state index is 0.0971. The van der Waals surface area contributed by atoms with Crippen molar-refractivity contribution in [2.45, 2.75) is 18.9 Å². The molecule has 0 amide bonds. The predicted molar refractivity (Wildman–Crippen MR) is 111 cm³/mol. The molecular weight excluding hydrogens is 388 g/mol. The zero-order valence-corrected chi connectivity index (χ0v) is 16.6. The van der Waals surface area contributed by atoms with Crippen LogP contribution in [0, 0.1) is 0 Å². The molecule has 0 spiro atoms. The lowest BCUT2D eigenvalue weighted by molar-refractivity contribution is 0.416. The molecule has 4 heterocycles. The van der Waals surface area contributed by atoms with Crippen LogP contribution in [0.25, 0.3) is 22.7 Å². The first-order valence-corrected chi connectivity index (χ1v) is 9.87. The van der Waals surface area contributed by atoms with Crippen molar-refractivity contribution in [3.8, 4) is 22.7 Å². The second-order valence-electron chi connectivity index (χ2n) is 7.10. The molecule has 29 heavy (non-hydrogen) atoms. The first-order valence-electron chi connectivity index (χ1n) is 9.50. The van der Waals surface area contributed by atoms with Crippen LogP contribution in [0.5, 0.6) is 0 Å². The Balaban J connectivity index is 1.45. The van der Waals surface area contributed by atoms with Gasteiger partial charge < -0.3 is 9.42 Å². The molecule has 3 aromatic heterocycles. The topological polar surface area (TPSA) is 72.9 Å². The van der Waals surface area contributed by atoms with E-state index in [4.69, 9.17) is 16.1 Å². The molecule has 1 fully saturated rings. The Morgan fingerprint density at radius 2 is 1.93 bits per heavy atom. The molecule has 0 N–H and O–H groups in total. The van der Waals surface area contributed by atoms with Crippen LogP contribution in [0.3, 0.4) is 0 Å². The maximum atomic E-state index is 6.11. The molecule has 1 atom stereocenters. The molecule has 0 saturated carbocycles. The van der Waals surface area contributed by atoms with Crippen LogP contribution >= 0.6 is 11.6 Å². The highest BCUT2D eigenvalue weighted by Gasteiger charge is 2.32. The van der Waals surface area contributed by atoms with Crippen molar-refractivity contribution in [2.75, 3.05) is 11.4 Å². The third-order valence-electron chi connectivity index (χ3n) is 5.28. The minimum Gasteiger partial charge on any atom is -0.356 e. The van der Waals surface area contributed by atoms with Gasteiger partial charge in [-0.15, -0.1) is 10.2 Å². The Kier molecular flexibility index (Phi) is 4.52. The van der Waals surface area contributed by atoms with Crippen molar-refractivity contribution in [3.05, 3.63) is 65.6 Å². The van der Waals surface area contributed by atoms with E-state index in [2.05, 4.69) is 25.2 Å². The SMILES string of the molecule is Cn1c(-c2ccncc2)nnc1N1CCCC1c1cc(-c2cccc(Cl)c2)on1. The van der Waals surface area contributed by atoms with Crippen molar-refractivity contribution in [3.63, 3.8) is 0 Å². The molecule has 0 bridgehead atoms. The van der Waals surface area contributed by atoms with Crippen molar-refractivity contribution in [1.29, 1.82) is 0 Å². The number of nitrogens with zero attached hydrogens (tertiary/aromatic N) is 6. The van der Waals surface area contributed by atoms with Crippen LogP contribution in [-0.4, -0.2) is 31.4 Å². The van der Waals surface area contributed by atoms with Gasteiger partial charge in [0.05, 0.1) is 6.04 Å². The highest BCUT2D eigenvalue weighted by molar-refractivity contribution is 6.30. The molecule has 5 rings (SSSR count). The Morgan fingerprint density at radius 1 is 1.07 bits per heavy atom. The van der Waals surface area contributed by atoms with Crippen LogP contribution in [0.1, 0.15) is 24.6 Å². The van der Waals surface area contributed by atoms with Crippen molar-refractivity contribution in [1.82, 2.24) is 24.9 Å². The van der Waals surface area contributed by atoms with Gasteiger partial charge in [-0.1, -0.05) is 28.9 Å². The van der Waals surface area contributed by atoms with Crippen LogP contribution < -0.4 is 4.90 Å². The Morgan fingerprint density at radius 3 is 2.76 bits per heavy atom. The zero-order chi connectivity index (χ0) is 19.8. The Bertz CT molecular complexity index is 1140. The standard InChI is InChI=1S/C21H19ClN6O/c1-27-20(14-7-9-23-10-8-14)24-25-21(27)28-11-3-6-18(28)17-13-19(29-26-17)15-4-2-5-16(22)12-15/h2,4-5,7-10,12-13,18H,3,6,11H2,1H3. The van der Waals surface area contributed by atoms with Gasteiger partial charge in [0.2, 0.25) is 5.95 Å². The van der Waals surface area contributed by atoms with Gasteiger partial charge in [-0.25, -0.2) is 0 Å². The molecule has 1 aliphatic rings. The van der Waals surface area contributed by atoms with E-state index >= 15 is 0 Å². The van der Waals surface area contributed by atoms with Crippen LogP contribution in [-0.2, 0) is 7.05 Å². The summed E-state index contributed by atoms with van der Waals surface area (Å²) in [6, 6.07) is 13.6. The van der Waals surface area contributed by atoms with Crippen molar-refractivity contribution >= 4 is 17.5 Å². The summed E-state index contributed by atoms with van der Waals surface area (Å²) in [5, 5.41) is 13.9. The fraction of sp³-hybridized carbons (Fsp3) is 0.238. The van der Waals surface area contributed by atoms with E-state index < -0.39 is 0 Å². The minimum atomic E-state index is 0.0971. The van der Waals surface area contributed by atoms with E-state index in [9.17, 15) is 0 Å². The summed E-state index contributed by atoms with van der Waals surface area (Å²) in [7, 11) is 1.99. The molecule has 1 aliphatic heterocycles. The molecule has 7 nitrogen and oxygen atoms in total. The second kappa shape index (κ2) is 7.33. The third kappa shape index (κ3) is 3.27. The van der Waals surface area contributed by atoms with Gasteiger partial charge in [-0.2, -0.15) is 0 Å². The van der Waals surface area contributed by atoms with Gasteiger partial charge in [-0.3, -0.25) is 9.55 Å². The zero-order valence-electron chi connectivity index (χ0n) is 15.9. The maximum Gasteiger partial charge on any atom is 0.227 e. The number of hydrogen-bond acceptors (Lipinski definition) is 6. The molecule has 1 aromatic carbocycles. The molecule has 146 valence electrons. The summed E-state index contributed by atoms with van der Waals surface area (Å²) in [6.45, 7) is 0.895. The Hall–Kier alpha value is -3.19. The third-order valence-corrected chi connectivity index (χ3v) is 5.51. The molecule has 4 aromatic rings. The van der Waals surface area contributed by atoms with Gasteiger partial charge in [0.15, 0.2) is 11.6 Å². The van der Waals surface area contributed by atoms with E-state index in [1.807, 2.05) is 54.1 Å². The normalized spacial score (nSPS) is 16.5. The summed E-state index contributed by atoms with van der Waals surface area (Å²) in [5.74, 6) is 2.35. The molecule has 1 saturated heterocycles. The highest BCUT2D eigenvalue weighted by atomic mass is 35.5. The van der Waals surface area contributed by atoms with Gasteiger partial charge in [0, 0.05) is 48.2 Å². The summed E-state index contributed by atoms with van der Waals surface area (Å²) in [5.41, 5.74) is 2.80. The number of hydrogen-bond donors (Lipinski definition) is 0. The monoisotopic (exact) mass is 406 g/mol. The van der Waals surface area contributed by atoms with Crippen LogP contribution in [0.15, 0.2) is 59.4 Å². The number of halogens is 1. The first kappa shape index (κ1) is 17.9. The first-order chi connectivity index (χ1) is 14.2. The Labute approximate surface area is 172 Å². The number of benzene rings is 1. The summed E-state index contributed by atoms with van der Waals surface area (Å²) < 4.78 is 7.64. The molecule has 1 unspecified atom stereocenters. The summed E-state index contributed by atoms with van der Waals surface area (Å²) in [4.78, 5) is 6.32. The lowest BCUT2D eigenvalue weighted by atomic mass is 10.1. The smallest absolute Gasteiger partial charge is 0.227 e. The van der Waals surface area contributed by atoms with E-state index in [1.54, 1.807) is 12.4 Å². The number of rotatable bonds is 4. The van der Waals surface area contributed by atoms with Gasteiger partial charge in [0.25, 0.3) is 0 Å². The molecular formula is C21H19ClN6O. The lowest BCUT2D eigenvalue weighted by Gasteiger charge is -2.23. The van der Waals surface area contributed by atoms with Crippen LogP contribution in [0.4, 0.5) is 5.95 Å². The van der Waals surface area contributed by atoms with Gasteiger partial charge in [0.1, 0.15) is 5.69 Å². The average molecular weight is 407 g/mol. The van der Waals surface area contributed by atoms with E-state index in [0.717, 1.165) is 48.0 Å². The molecule has 8 heteroatoms. The molecule has 0 radical (unpaired) electrons. The van der Waals surface area contributed by atoms with Crippen molar-refractivity contribution in [2.24, 2.45) is 7.05 Å². The summed E-state index contributed by atoms with van der Waals surface area (Å²) >= 11 is 6.11. The van der Waals surface area contributed by atoms with E-state index in [-0.39, 0.29) is 6.04 Å². The number of anilines is 1.